The first-order chi connectivity index (χ1) is 8.33. The zero-order chi connectivity index (χ0) is 13.8. The maximum Gasteiger partial charge on any atom is 0.573 e. The lowest BCUT2D eigenvalue weighted by molar-refractivity contribution is -0.274. The van der Waals surface area contributed by atoms with E-state index < -0.39 is 24.0 Å². The number of hydrogen-bond donors (Lipinski definition) is 2. The largest absolute Gasteiger partial charge is 0.573 e. The zero-order valence-corrected chi connectivity index (χ0v) is 10.5. The number of carboxylic acids is 1. The van der Waals surface area contributed by atoms with Gasteiger partial charge in [0.25, 0.3) is 0 Å². The fourth-order valence-electron chi connectivity index (χ4n) is 1.43. The number of para-hydroxylation sites is 1. The summed E-state index contributed by atoms with van der Waals surface area (Å²) < 4.78 is 40.2. The van der Waals surface area contributed by atoms with Gasteiger partial charge in [-0.05, 0) is 18.1 Å². The molecule has 0 bridgehead atoms. The molecule has 0 unspecified atom stereocenters. The second-order valence-electron chi connectivity index (χ2n) is 3.63. The number of ether oxygens (including phenoxy) is 1. The molecule has 1 aromatic rings. The number of carboxylic acid groups (broad SMARTS) is 1. The van der Waals surface area contributed by atoms with Gasteiger partial charge in [-0.2, -0.15) is 0 Å². The number of halogens is 4. The normalized spacial score (nSPS) is 12.4. The van der Waals surface area contributed by atoms with E-state index in [4.69, 9.17) is 10.8 Å². The summed E-state index contributed by atoms with van der Waals surface area (Å²) in [6.07, 6.45) is -4.92. The molecule has 19 heavy (non-hydrogen) atoms. The minimum Gasteiger partial charge on any atom is -0.481 e. The molecule has 0 aliphatic heterocycles. The molecule has 0 heterocycles. The lowest BCUT2D eigenvalue weighted by Crippen LogP contribution is -2.26. The Hall–Kier alpha value is -1.47. The van der Waals surface area contributed by atoms with E-state index in [0.29, 0.717) is 0 Å². The Morgan fingerprint density at radius 2 is 1.95 bits per heavy atom. The third-order valence-electron chi connectivity index (χ3n) is 2.30. The van der Waals surface area contributed by atoms with E-state index in [2.05, 4.69) is 4.74 Å². The van der Waals surface area contributed by atoms with Crippen LogP contribution in [-0.4, -0.2) is 24.0 Å². The number of carbonyl (C=O) groups is 1. The molecule has 4 nitrogen and oxygen atoms in total. The van der Waals surface area contributed by atoms with Gasteiger partial charge in [0, 0.05) is 6.54 Å². The van der Waals surface area contributed by atoms with E-state index in [1.165, 1.54) is 18.2 Å². The van der Waals surface area contributed by atoms with E-state index >= 15 is 0 Å². The first-order valence-corrected chi connectivity index (χ1v) is 5.10. The van der Waals surface area contributed by atoms with Crippen molar-refractivity contribution in [2.45, 2.75) is 12.8 Å². The van der Waals surface area contributed by atoms with E-state index in [-0.39, 0.29) is 30.9 Å². The smallest absolute Gasteiger partial charge is 0.481 e. The van der Waals surface area contributed by atoms with Gasteiger partial charge in [0.2, 0.25) is 0 Å². The molecule has 3 N–H and O–H groups in total. The summed E-state index contributed by atoms with van der Waals surface area (Å²) in [6.45, 7) is -0.157. The molecule has 108 valence electrons. The van der Waals surface area contributed by atoms with Crippen LogP contribution < -0.4 is 10.5 Å². The van der Waals surface area contributed by atoms with Crippen molar-refractivity contribution in [1.82, 2.24) is 0 Å². The van der Waals surface area contributed by atoms with Gasteiger partial charge >= 0.3 is 12.3 Å². The van der Waals surface area contributed by atoms with Gasteiger partial charge in [-0.1, -0.05) is 18.2 Å². The number of alkyl halides is 3. The lowest BCUT2D eigenvalue weighted by atomic mass is 9.99. The Morgan fingerprint density at radius 1 is 1.37 bits per heavy atom. The summed E-state index contributed by atoms with van der Waals surface area (Å²) in [5.41, 5.74) is 5.41. The maximum atomic E-state index is 12.1. The second kappa shape index (κ2) is 7.20. The predicted molar refractivity (Wildman–Crippen MR) is 64.3 cm³/mol. The number of aliphatic carboxylic acids is 1. The van der Waals surface area contributed by atoms with Gasteiger partial charge in [0.05, 0.1) is 5.92 Å². The molecule has 0 aromatic heterocycles. The third kappa shape index (κ3) is 5.80. The van der Waals surface area contributed by atoms with Crippen LogP contribution in [-0.2, 0) is 11.2 Å². The number of nitrogens with two attached hydrogens (primary N) is 1. The molecule has 1 atom stereocenters. The summed E-state index contributed by atoms with van der Waals surface area (Å²) in [4.78, 5) is 10.8. The van der Waals surface area contributed by atoms with Crippen LogP contribution >= 0.6 is 12.4 Å². The first-order valence-electron chi connectivity index (χ1n) is 5.10. The highest BCUT2D eigenvalue weighted by Gasteiger charge is 2.32. The van der Waals surface area contributed by atoms with Crippen molar-refractivity contribution in [1.29, 1.82) is 0 Å². The van der Waals surface area contributed by atoms with Crippen LogP contribution in [0.4, 0.5) is 13.2 Å². The molecular formula is C11H13ClF3NO3. The standard InChI is InChI=1S/C11H12F3NO3.ClH/c12-11(13,14)18-9-4-2-1-3-7(9)5-8(6-15)10(16)17;/h1-4,8H,5-6,15H2,(H,16,17);1H/t8-;/m0./s1. The monoisotopic (exact) mass is 299 g/mol. The van der Waals surface area contributed by atoms with Gasteiger partial charge < -0.3 is 15.6 Å². The molecule has 0 radical (unpaired) electrons. The Kier molecular flexibility index (Phi) is 6.64. The number of rotatable bonds is 5. The Labute approximate surface area is 113 Å². The minimum atomic E-state index is -4.81. The summed E-state index contributed by atoms with van der Waals surface area (Å²) in [7, 11) is 0. The molecule has 0 aliphatic carbocycles. The molecule has 0 fully saturated rings. The summed E-state index contributed by atoms with van der Waals surface area (Å²) in [6, 6.07) is 5.40. The van der Waals surface area contributed by atoms with Crippen LogP contribution in [0.15, 0.2) is 24.3 Å². The second-order valence-corrected chi connectivity index (χ2v) is 3.63. The fourth-order valence-corrected chi connectivity index (χ4v) is 1.43. The minimum absolute atomic E-state index is 0. The lowest BCUT2D eigenvalue weighted by Gasteiger charge is -2.15. The molecule has 0 spiro atoms. The summed E-state index contributed by atoms with van der Waals surface area (Å²) >= 11 is 0. The molecular weight excluding hydrogens is 287 g/mol. The Bertz CT molecular complexity index is 426. The number of benzene rings is 1. The Morgan fingerprint density at radius 3 is 2.42 bits per heavy atom. The highest BCUT2D eigenvalue weighted by atomic mass is 35.5. The van der Waals surface area contributed by atoms with Gasteiger partial charge in [0.1, 0.15) is 5.75 Å². The highest BCUT2D eigenvalue weighted by Crippen LogP contribution is 2.27. The van der Waals surface area contributed by atoms with Gasteiger partial charge in [-0.15, -0.1) is 25.6 Å². The topological polar surface area (TPSA) is 72.5 Å². The van der Waals surface area contributed by atoms with Crippen molar-refractivity contribution in [3.8, 4) is 5.75 Å². The van der Waals surface area contributed by atoms with E-state index in [1.807, 2.05) is 0 Å². The SMILES string of the molecule is Cl.NC[C@H](Cc1ccccc1OC(F)(F)F)C(=O)O. The molecule has 1 rings (SSSR count). The molecule has 0 saturated heterocycles. The zero-order valence-electron chi connectivity index (χ0n) is 9.68. The van der Waals surface area contributed by atoms with Crippen molar-refractivity contribution in [2.24, 2.45) is 11.7 Å². The van der Waals surface area contributed by atoms with E-state index in [1.54, 1.807) is 0 Å². The predicted octanol–water partition coefficient (Wildman–Crippen LogP) is 2.21. The van der Waals surface area contributed by atoms with Crippen molar-refractivity contribution in [3.05, 3.63) is 29.8 Å². The van der Waals surface area contributed by atoms with Crippen LogP contribution in [0, 0.1) is 5.92 Å². The highest BCUT2D eigenvalue weighted by molar-refractivity contribution is 5.85. The van der Waals surface area contributed by atoms with Crippen LogP contribution in [0.25, 0.3) is 0 Å². The summed E-state index contributed by atoms with van der Waals surface area (Å²) in [5, 5.41) is 8.81. The quantitative estimate of drug-likeness (QED) is 0.874. The summed E-state index contributed by atoms with van der Waals surface area (Å²) in [5.74, 6) is -2.49. The van der Waals surface area contributed by atoms with Crippen molar-refractivity contribution in [3.63, 3.8) is 0 Å². The fraction of sp³-hybridized carbons (Fsp3) is 0.364. The van der Waals surface area contributed by atoms with Crippen molar-refractivity contribution in [2.75, 3.05) is 6.54 Å². The van der Waals surface area contributed by atoms with Crippen LogP contribution in [0.2, 0.25) is 0 Å². The van der Waals surface area contributed by atoms with Gasteiger partial charge in [0.15, 0.2) is 0 Å². The van der Waals surface area contributed by atoms with Crippen LogP contribution in [0.1, 0.15) is 5.56 Å². The van der Waals surface area contributed by atoms with Crippen molar-refractivity contribution < 1.29 is 27.8 Å². The molecule has 0 aliphatic rings. The van der Waals surface area contributed by atoms with Crippen LogP contribution in [0.3, 0.4) is 0 Å². The molecule has 0 amide bonds. The average molecular weight is 300 g/mol. The molecule has 8 heteroatoms. The maximum absolute atomic E-state index is 12.1. The number of hydrogen-bond acceptors (Lipinski definition) is 3. The molecule has 0 saturated carbocycles. The third-order valence-corrected chi connectivity index (χ3v) is 2.30. The van der Waals surface area contributed by atoms with Crippen molar-refractivity contribution >= 4 is 18.4 Å². The van der Waals surface area contributed by atoms with Crippen LogP contribution in [0.5, 0.6) is 5.75 Å². The Balaban J connectivity index is 0.00000324. The van der Waals surface area contributed by atoms with E-state index in [9.17, 15) is 18.0 Å². The molecule has 1 aromatic carbocycles. The van der Waals surface area contributed by atoms with Gasteiger partial charge in [-0.25, -0.2) is 0 Å². The average Bonchev–Trinajstić information content (AvgIpc) is 2.25. The first kappa shape index (κ1) is 17.5. The van der Waals surface area contributed by atoms with Gasteiger partial charge in [-0.3, -0.25) is 4.79 Å². The van der Waals surface area contributed by atoms with E-state index in [0.717, 1.165) is 6.07 Å².